The maximum absolute atomic E-state index is 5.92. The summed E-state index contributed by atoms with van der Waals surface area (Å²) in [6, 6.07) is 5.67. The third-order valence-electron chi connectivity index (χ3n) is 1.65. The van der Waals surface area contributed by atoms with E-state index in [1.165, 1.54) is 0 Å². The molecule has 3 heteroatoms. The Morgan fingerprint density at radius 3 is 2.83 bits per heavy atom. The second-order valence-corrected chi connectivity index (χ2v) is 2.85. The number of nitrogens with zero attached hydrogens (tertiary/aromatic N) is 1. The van der Waals surface area contributed by atoms with Crippen molar-refractivity contribution in [3.8, 4) is 11.3 Å². The summed E-state index contributed by atoms with van der Waals surface area (Å²) in [5.41, 5.74) is 1.93. The van der Waals surface area contributed by atoms with Crippen molar-refractivity contribution in [2.45, 2.75) is 0 Å². The molecular weight excluding hydrogens is 172 g/mol. The van der Waals surface area contributed by atoms with Crippen molar-refractivity contribution in [1.82, 2.24) is 9.97 Å². The van der Waals surface area contributed by atoms with Gasteiger partial charge in [0.1, 0.15) is 0 Å². The Balaban J connectivity index is 2.51. The fourth-order valence-corrected chi connectivity index (χ4v) is 1.31. The van der Waals surface area contributed by atoms with Gasteiger partial charge in [-0.3, -0.25) is 4.98 Å². The Kier molecular flexibility index (Phi) is 1.84. The molecule has 60 valence electrons. The van der Waals surface area contributed by atoms with Gasteiger partial charge in [0.15, 0.2) is 0 Å². The van der Waals surface area contributed by atoms with Crippen LogP contribution in [0.2, 0.25) is 5.02 Å². The molecule has 2 nitrogen and oxygen atoms in total. The molecule has 0 spiro atoms. The Hall–Kier alpha value is -1.28. The molecule has 0 saturated carbocycles. The number of hydrogen-bond acceptors (Lipinski definition) is 1. The normalized spacial score (nSPS) is 10.1. The Morgan fingerprint density at radius 1 is 1.33 bits per heavy atom. The summed E-state index contributed by atoms with van der Waals surface area (Å²) in [4.78, 5) is 7.05. The summed E-state index contributed by atoms with van der Waals surface area (Å²) in [5, 5.41) is 0.725. The van der Waals surface area contributed by atoms with Crippen molar-refractivity contribution in [2.75, 3.05) is 0 Å². The summed E-state index contributed by atoms with van der Waals surface area (Å²) in [5.74, 6) is 0. The largest absolute Gasteiger partial charge is 0.360 e. The van der Waals surface area contributed by atoms with Crippen LogP contribution in [0.25, 0.3) is 11.3 Å². The number of rotatable bonds is 1. The first-order chi connectivity index (χ1) is 5.88. The van der Waals surface area contributed by atoms with Gasteiger partial charge >= 0.3 is 0 Å². The number of aromatic amines is 1. The zero-order valence-corrected chi connectivity index (χ0v) is 7.05. The van der Waals surface area contributed by atoms with Gasteiger partial charge in [-0.2, -0.15) is 0 Å². The number of nitrogens with one attached hydrogen (secondary N) is 1. The minimum atomic E-state index is 0.725. The summed E-state index contributed by atoms with van der Waals surface area (Å²) in [6.07, 6.45) is 5.32. The quantitative estimate of drug-likeness (QED) is 0.715. The van der Waals surface area contributed by atoms with Gasteiger partial charge < -0.3 is 4.98 Å². The molecule has 0 aromatic carbocycles. The minimum Gasteiger partial charge on any atom is -0.360 e. The topological polar surface area (TPSA) is 28.7 Å². The fraction of sp³-hybridized carbons (Fsp3) is 0. The molecule has 0 aliphatic carbocycles. The molecule has 0 fully saturated rings. The third-order valence-corrected chi connectivity index (χ3v) is 1.96. The standard InChI is InChI=1S/C9H7ClN2/c10-8-3-5-12-9(8)7-2-1-4-11-6-7/h1-6,12H. The highest BCUT2D eigenvalue weighted by atomic mass is 35.5. The average molecular weight is 179 g/mol. The van der Waals surface area contributed by atoms with E-state index in [0.29, 0.717) is 0 Å². The predicted molar refractivity (Wildman–Crippen MR) is 49.0 cm³/mol. The Labute approximate surface area is 75.2 Å². The monoisotopic (exact) mass is 178 g/mol. The van der Waals surface area contributed by atoms with Gasteiger partial charge in [-0.1, -0.05) is 11.6 Å². The van der Waals surface area contributed by atoms with Crippen molar-refractivity contribution in [2.24, 2.45) is 0 Å². The molecule has 0 unspecified atom stereocenters. The molecule has 2 heterocycles. The molecule has 2 aromatic rings. The number of aromatic nitrogens is 2. The van der Waals surface area contributed by atoms with Gasteiger partial charge in [-0.25, -0.2) is 0 Å². The molecule has 2 aromatic heterocycles. The molecule has 0 aliphatic rings. The summed E-state index contributed by atoms with van der Waals surface area (Å²) >= 11 is 5.92. The molecule has 12 heavy (non-hydrogen) atoms. The zero-order valence-electron chi connectivity index (χ0n) is 6.29. The van der Waals surface area contributed by atoms with E-state index in [1.807, 2.05) is 24.4 Å². The Morgan fingerprint density at radius 2 is 2.25 bits per heavy atom. The van der Waals surface area contributed by atoms with Gasteiger partial charge in [0.2, 0.25) is 0 Å². The molecule has 2 rings (SSSR count). The van der Waals surface area contributed by atoms with Crippen LogP contribution in [0.15, 0.2) is 36.8 Å². The fourth-order valence-electron chi connectivity index (χ4n) is 1.08. The smallest absolute Gasteiger partial charge is 0.0662 e. The van der Waals surface area contributed by atoms with Crippen LogP contribution in [0.4, 0.5) is 0 Å². The lowest BCUT2D eigenvalue weighted by molar-refractivity contribution is 1.31. The van der Waals surface area contributed by atoms with E-state index in [9.17, 15) is 0 Å². The van der Waals surface area contributed by atoms with Crippen LogP contribution in [-0.2, 0) is 0 Å². The summed E-state index contributed by atoms with van der Waals surface area (Å²) in [7, 11) is 0. The predicted octanol–water partition coefficient (Wildman–Crippen LogP) is 2.73. The van der Waals surface area contributed by atoms with Crippen molar-refractivity contribution in [1.29, 1.82) is 0 Å². The van der Waals surface area contributed by atoms with Gasteiger partial charge in [0.05, 0.1) is 10.7 Å². The molecule has 1 N–H and O–H groups in total. The number of pyridine rings is 1. The van der Waals surface area contributed by atoms with Crippen molar-refractivity contribution >= 4 is 11.6 Å². The third kappa shape index (κ3) is 1.21. The van der Waals surface area contributed by atoms with Crippen LogP contribution in [0.5, 0.6) is 0 Å². The van der Waals surface area contributed by atoms with Gasteiger partial charge in [-0.05, 0) is 18.2 Å². The summed E-state index contributed by atoms with van der Waals surface area (Å²) < 4.78 is 0. The SMILES string of the molecule is Clc1cc[nH]c1-c1cccnc1. The van der Waals surface area contributed by atoms with E-state index in [0.717, 1.165) is 16.3 Å². The minimum absolute atomic E-state index is 0.725. The molecular formula is C9H7ClN2. The first-order valence-electron chi connectivity index (χ1n) is 3.61. The number of H-pyrrole nitrogens is 1. The second-order valence-electron chi connectivity index (χ2n) is 2.44. The van der Waals surface area contributed by atoms with E-state index < -0.39 is 0 Å². The number of halogens is 1. The second kappa shape index (κ2) is 2.99. The maximum Gasteiger partial charge on any atom is 0.0662 e. The highest BCUT2D eigenvalue weighted by Crippen LogP contribution is 2.24. The highest BCUT2D eigenvalue weighted by Gasteiger charge is 2.02. The molecule has 0 saturated heterocycles. The van der Waals surface area contributed by atoms with Crippen LogP contribution in [0.1, 0.15) is 0 Å². The molecule has 0 atom stereocenters. The lowest BCUT2D eigenvalue weighted by atomic mass is 10.2. The first kappa shape index (κ1) is 7.37. The van der Waals surface area contributed by atoms with Crippen molar-refractivity contribution in [3.05, 3.63) is 41.8 Å². The van der Waals surface area contributed by atoms with Crippen LogP contribution >= 0.6 is 11.6 Å². The Bertz CT molecular complexity index is 367. The van der Waals surface area contributed by atoms with E-state index in [-0.39, 0.29) is 0 Å². The lowest BCUT2D eigenvalue weighted by Crippen LogP contribution is -1.78. The van der Waals surface area contributed by atoms with Gasteiger partial charge in [-0.15, -0.1) is 0 Å². The zero-order chi connectivity index (χ0) is 8.39. The summed E-state index contributed by atoms with van der Waals surface area (Å²) in [6.45, 7) is 0. The molecule has 0 aliphatic heterocycles. The van der Waals surface area contributed by atoms with Crippen molar-refractivity contribution < 1.29 is 0 Å². The van der Waals surface area contributed by atoms with Crippen molar-refractivity contribution in [3.63, 3.8) is 0 Å². The van der Waals surface area contributed by atoms with Crippen LogP contribution in [-0.4, -0.2) is 9.97 Å². The molecule has 0 amide bonds. The average Bonchev–Trinajstić information content (AvgIpc) is 2.53. The van der Waals surface area contributed by atoms with E-state index in [2.05, 4.69) is 9.97 Å². The lowest BCUT2D eigenvalue weighted by Gasteiger charge is -1.96. The van der Waals surface area contributed by atoms with E-state index in [4.69, 9.17) is 11.6 Å². The van der Waals surface area contributed by atoms with E-state index in [1.54, 1.807) is 12.4 Å². The molecule has 0 bridgehead atoms. The van der Waals surface area contributed by atoms with Crippen LogP contribution < -0.4 is 0 Å². The van der Waals surface area contributed by atoms with Gasteiger partial charge in [0, 0.05) is 24.2 Å². The van der Waals surface area contributed by atoms with Crippen LogP contribution in [0, 0.1) is 0 Å². The first-order valence-corrected chi connectivity index (χ1v) is 3.99. The number of hydrogen-bond donors (Lipinski definition) is 1. The molecule has 0 radical (unpaired) electrons. The van der Waals surface area contributed by atoms with Crippen LogP contribution in [0.3, 0.4) is 0 Å². The van der Waals surface area contributed by atoms with Gasteiger partial charge in [0.25, 0.3) is 0 Å². The maximum atomic E-state index is 5.92. The van der Waals surface area contributed by atoms with E-state index >= 15 is 0 Å². The highest BCUT2D eigenvalue weighted by molar-refractivity contribution is 6.33.